The van der Waals surface area contributed by atoms with Crippen molar-refractivity contribution in [2.45, 2.75) is 25.6 Å². The van der Waals surface area contributed by atoms with Gasteiger partial charge in [0.2, 0.25) is 0 Å². The Labute approximate surface area is 244 Å². The van der Waals surface area contributed by atoms with Gasteiger partial charge >= 0.3 is 5.97 Å². The van der Waals surface area contributed by atoms with Crippen LogP contribution in [0.4, 0.5) is 5.69 Å². The van der Waals surface area contributed by atoms with E-state index in [0.29, 0.717) is 28.1 Å². The van der Waals surface area contributed by atoms with E-state index in [9.17, 15) is 14.5 Å². The predicted octanol–water partition coefficient (Wildman–Crippen LogP) is 6.94. The molecule has 8 heteroatoms. The van der Waals surface area contributed by atoms with E-state index in [1.807, 2.05) is 60.7 Å². The fraction of sp³-hybridized carbons (Fsp3) is 0.176. The van der Waals surface area contributed by atoms with Gasteiger partial charge in [-0.15, -0.1) is 4.91 Å². The van der Waals surface area contributed by atoms with Gasteiger partial charge in [0.25, 0.3) is 5.91 Å². The number of nitrogens with zero attached hydrogens (tertiary/aromatic N) is 2. The number of carbonyl (C=O) groups excluding carboxylic acids is 2. The maximum absolute atomic E-state index is 14.3. The van der Waals surface area contributed by atoms with Crippen molar-refractivity contribution in [2.75, 3.05) is 18.6 Å². The van der Waals surface area contributed by atoms with Crippen LogP contribution < -0.4 is 9.64 Å². The van der Waals surface area contributed by atoms with Crippen LogP contribution in [0.25, 0.3) is 0 Å². The van der Waals surface area contributed by atoms with Crippen molar-refractivity contribution in [3.8, 4) is 5.75 Å². The molecule has 2 unspecified atom stereocenters. The molecule has 0 N–H and O–H groups in total. The second-order valence-electron chi connectivity index (χ2n) is 9.60. The summed E-state index contributed by atoms with van der Waals surface area (Å²) in [5.74, 6) is -0.182. The minimum Gasteiger partial charge on any atom is -0.497 e. The van der Waals surface area contributed by atoms with Crippen molar-refractivity contribution >= 4 is 17.6 Å². The quantitative estimate of drug-likeness (QED) is 0.145. The number of carbonyl (C=O) groups is 2. The molecule has 5 rings (SSSR count). The molecule has 42 heavy (non-hydrogen) atoms. The normalized spacial score (nSPS) is 15.3. The average Bonchev–Trinajstić information content (AvgIpc) is 3.33. The number of amides is 1. The summed E-state index contributed by atoms with van der Waals surface area (Å²) in [5, 5.41) is 3.53. The lowest BCUT2D eigenvalue weighted by Crippen LogP contribution is -2.31. The third kappa shape index (κ3) is 5.78. The van der Waals surface area contributed by atoms with Crippen LogP contribution in [0.1, 0.15) is 46.1 Å². The number of rotatable bonds is 11. The molecule has 212 valence electrons. The van der Waals surface area contributed by atoms with Crippen LogP contribution in [0, 0.1) is 4.91 Å². The molecule has 0 spiro atoms. The van der Waals surface area contributed by atoms with Gasteiger partial charge in [-0.3, -0.25) is 9.69 Å². The first-order valence-electron chi connectivity index (χ1n) is 13.6. The number of hydrogen-bond acceptors (Lipinski definition) is 7. The third-order valence-corrected chi connectivity index (χ3v) is 7.06. The zero-order valence-corrected chi connectivity index (χ0v) is 23.3. The summed E-state index contributed by atoms with van der Waals surface area (Å²) < 4.78 is 16.7. The lowest BCUT2D eigenvalue weighted by atomic mass is 9.90. The van der Waals surface area contributed by atoms with Crippen LogP contribution in [0.3, 0.4) is 0 Å². The second kappa shape index (κ2) is 13.0. The molecule has 1 amide bonds. The molecule has 0 saturated carbocycles. The number of hydrogen-bond donors (Lipinski definition) is 0. The minimum atomic E-state index is -1.03. The number of methoxy groups -OCH3 is 1. The largest absolute Gasteiger partial charge is 0.497 e. The van der Waals surface area contributed by atoms with Crippen molar-refractivity contribution in [3.05, 3.63) is 148 Å². The molecule has 0 aromatic heterocycles. The van der Waals surface area contributed by atoms with Crippen LogP contribution in [0.2, 0.25) is 0 Å². The first-order chi connectivity index (χ1) is 20.5. The molecule has 1 aliphatic heterocycles. The van der Waals surface area contributed by atoms with Gasteiger partial charge in [-0.25, -0.2) is 4.79 Å². The van der Waals surface area contributed by atoms with E-state index in [1.54, 1.807) is 67.5 Å². The van der Waals surface area contributed by atoms with Gasteiger partial charge < -0.3 is 14.2 Å². The fourth-order valence-electron chi connectivity index (χ4n) is 5.05. The molecule has 1 heterocycles. The summed E-state index contributed by atoms with van der Waals surface area (Å²) in [6.07, 6.45) is 0. The van der Waals surface area contributed by atoms with Crippen molar-refractivity contribution in [2.24, 2.45) is 5.18 Å². The molecule has 0 fully saturated rings. The summed E-state index contributed by atoms with van der Waals surface area (Å²) >= 11 is 0. The van der Waals surface area contributed by atoms with Gasteiger partial charge in [0.15, 0.2) is 5.76 Å². The summed E-state index contributed by atoms with van der Waals surface area (Å²) in [6, 6.07) is 30.8. The Morgan fingerprint density at radius 2 is 1.52 bits per heavy atom. The highest BCUT2D eigenvalue weighted by Gasteiger charge is 2.46. The maximum Gasteiger partial charge on any atom is 0.338 e. The van der Waals surface area contributed by atoms with Crippen molar-refractivity contribution in [1.29, 1.82) is 0 Å². The summed E-state index contributed by atoms with van der Waals surface area (Å²) in [7, 11) is 1.56. The topological polar surface area (TPSA) is 94.5 Å². The highest BCUT2D eigenvalue weighted by molar-refractivity contribution is 6.09. The minimum absolute atomic E-state index is 0.0580. The van der Waals surface area contributed by atoms with E-state index in [0.717, 1.165) is 11.1 Å². The van der Waals surface area contributed by atoms with Crippen LogP contribution in [0.5, 0.6) is 5.75 Å². The molecule has 0 bridgehead atoms. The highest BCUT2D eigenvalue weighted by Crippen LogP contribution is 2.48. The Balaban J connectivity index is 1.65. The predicted molar refractivity (Wildman–Crippen MR) is 159 cm³/mol. The van der Waals surface area contributed by atoms with Crippen LogP contribution >= 0.6 is 0 Å². The van der Waals surface area contributed by atoms with E-state index in [2.05, 4.69) is 5.18 Å². The van der Waals surface area contributed by atoms with E-state index in [4.69, 9.17) is 14.2 Å². The number of esters is 1. The van der Waals surface area contributed by atoms with Crippen LogP contribution in [0.15, 0.2) is 126 Å². The van der Waals surface area contributed by atoms with E-state index < -0.39 is 24.0 Å². The van der Waals surface area contributed by atoms with Gasteiger partial charge in [0.1, 0.15) is 18.4 Å². The standard InChI is InChI=1S/C34H30N2O6/c1-3-41-34(38)26-14-18-27(19-15-26)36-31(25-12-8-5-9-13-25)29(30(35-39)24-16-20-28(40-2)21-17-24)32(33(36)37)42-22-23-10-6-4-7-11-23/h4-21,30-31H,3,22H2,1-2H3. The molecule has 4 aromatic carbocycles. The lowest BCUT2D eigenvalue weighted by Gasteiger charge is -2.28. The Kier molecular flexibility index (Phi) is 8.72. The molecule has 0 aliphatic carbocycles. The average molecular weight is 563 g/mol. The van der Waals surface area contributed by atoms with E-state index >= 15 is 0 Å². The number of ether oxygens (including phenoxy) is 3. The van der Waals surface area contributed by atoms with Gasteiger partial charge in [0.05, 0.1) is 25.3 Å². The third-order valence-electron chi connectivity index (χ3n) is 7.06. The van der Waals surface area contributed by atoms with Crippen LogP contribution in [-0.2, 0) is 20.9 Å². The van der Waals surface area contributed by atoms with Crippen molar-refractivity contribution in [1.82, 2.24) is 0 Å². The maximum atomic E-state index is 14.3. The molecule has 1 aliphatic rings. The van der Waals surface area contributed by atoms with Crippen LogP contribution in [-0.4, -0.2) is 25.6 Å². The summed E-state index contributed by atoms with van der Waals surface area (Å²) in [4.78, 5) is 40.8. The Morgan fingerprint density at radius 3 is 2.12 bits per heavy atom. The zero-order valence-electron chi connectivity index (χ0n) is 23.3. The molecular weight excluding hydrogens is 532 g/mol. The number of anilines is 1. The zero-order chi connectivity index (χ0) is 29.5. The van der Waals surface area contributed by atoms with Gasteiger partial charge in [-0.2, -0.15) is 0 Å². The van der Waals surface area contributed by atoms with Crippen molar-refractivity contribution < 1.29 is 23.8 Å². The smallest absolute Gasteiger partial charge is 0.338 e. The Bertz CT molecular complexity index is 1570. The molecule has 0 radical (unpaired) electrons. The van der Waals surface area contributed by atoms with E-state index in [-0.39, 0.29) is 19.0 Å². The van der Waals surface area contributed by atoms with Gasteiger partial charge in [0, 0.05) is 11.3 Å². The van der Waals surface area contributed by atoms with E-state index in [1.165, 1.54) is 0 Å². The number of benzene rings is 4. The monoisotopic (exact) mass is 562 g/mol. The fourth-order valence-corrected chi connectivity index (χ4v) is 5.05. The van der Waals surface area contributed by atoms with Gasteiger partial charge in [-0.1, -0.05) is 78.0 Å². The number of nitroso groups, excluding NO2 is 1. The second-order valence-corrected chi connectivity index (χ2v) is 9.60. The highest BCUT2D eigenvalue weighted by atomic mass is 16.5. The molecule has 2 atom stereocenters. The first-order valence-corrected chi connectivity index (χ1v) is 13.6. The summed E-state index contributed by atoms with van der Waals surface area (Å²) in [5.41, 5.74) is 3.55. The van der Waals surface area contributed by atoms with Crippen molar-refractivity contribution in [3.63, 3.8) is 0 Å². The molecule has 0 saturated heterocycles. The lowest BCUT2D eigenvalue weighted by molar-refractivity contribution is -0.118. The molecule has 8 nitrogen and oxygen atoms in total. The first kappa shape index (κ1) is 28.3. The van der Waals surface area contributed by atoms with Gasteiger partial charge in [-0.05, 0) is 60.0 Å². The summed E-state index contributed by atoms with van der Waals surface area (Å²) in [6.45, 7) is 2.11. The Hall–Kier alpha value is -5.24. The Morgan fingerprint density at radius 1 is 0.881 bits per heavy atom. The SMILES string of the molecule is CCOC(=O)c1ccc(N2C(=O)C(OCc3ccccc3)=C(C(N=O)c3ccc(OC)cc3)C2c2ccccc2)cc1. The molecular formula is C34H30N2O6. The molecule has 4 aromatic rings.